The number of hydrogen-bond acceptors (Lipinski definition) is 4. The quantitative estimate of drug-likeness (QED) is 0.633. The second-order valence-corrected chi connectivity index (χ2v) is 8.91. The normalized spacial score (nSPS) is 11.5. The van der Waals surface area contributed by atoms with E-state index in [9.17, 15) is 17.6 Å². The molecule has 0 aliphatic carbocycles. The number of carbonyl (C=O) groups is 1. The molecule has 0 unspecified atom stereocenters. The van der Waals surface area contributed by atoms with Gasteiger partial charge in [0.05, 0.1) is 12.2 Å². The van der Waals surface area contributed by atoms with Gasteiger partial charge in [-0.15, -0.1) is 0 Å². The van der Waals surface area contributed by atoms with Gasteiger partial charge < -0.3 is 15.0 Å². The molecule has 0 aliphatic rings. The number of rotatable bonds is 7. The Balaban J connectivity index is 1.68. The first kappa shape index (κ1) is 19.9. The van der Waals surface area contributed by atoms with Gasteiger partial charge in [-0.1, -0.05) is 6.07 Å². The lowest BCUT2D eigenvalue weighted by Crippen LogP contribution is -2.15. The maximum absolute atomic E-state index is 13.6. The minimum atomic E-state index is -3.10. The van der Waals surface area contributed by atoms with Crippen LogP contribution in [-0.2, 0) is 21.1 Å². The lowest BCUT2D eigenvalue weighted by atomic mass is 10.1. The number of carbonyl (C=O) groups excluding carboxylic acids is 1. The van der Waals surface area contributed by atoms with Crippen LogP contribution in [-0.4, -0.2) is 37.9 Å². The fourth-order valence-electron chi connectivity index (χ4n) is 2.92. The third kappa shape index (κ3) is 5.10. The van der Waals surface area contributed by atoms with Gasteiger partial charge in [0, 0.05) is 34.6 Å². The molecule has 28 heavy (non-hydrogen) atoms. The third-order valence-corrected chi connectivity index (χ3v) is 5.17. The van der Waals surface area contributed by atoms with Crippen LogP contribution in [0.2, 0.25) is 0 Å². The summed E-state index contributed by atoms with van der Waals surface area (Å²) in [7, 11) is -3.10. The summed E-state index contributed by atoms with van der Waals surface area (Å²) in [4.78, 5) is 15.6. The highest BCUT2D eigenvalue weighted by Crippen LogP contribution is 2.24. The molecule has 0 spiro atoms. The maximum atomic E-state index is 13.6. The molecule has 8 heteroatoms. The number of nitrogens with one attached hydrogen (secondary N) is 2. The van der Waals surface area contributed by atoms with E-state index in [1.807, 2.05) is 6.92 Å². The summed E-state index contributed by atoms with van der Waals surface area (Å²) in [6.07, 6.45) is 1.24. The molecule has 0 saturated carbocycles. The first-order chi connectivity index (χ1) is 13.2. The number of ether oxygens (including phenoxy) is 1. The van der Waals surface area contributed by atoms with E-state index in [0.717, 1.165) is 23.0 Å². The zero-order chi connectivity index (χ0) is 20.3. The van der Waals surface area contributed by atoms with Crippen LogP contribution in [0.25, 0.3) is 10.9 Å². The van der Waals surface area contributed by atoms with E-state index < -0.39 is 9.84 Å². The highest BCUT2D eigenvalue weighted by atomic mass is 32.2. The smallest absolute Gasteiger partial charge is 0.228 e. The molecule has 0 saturated heterocycles. The van der Waals surface area contributed by atoms with Crippen LogP contribution in [0.5, 0.6) is 5.75 Å². The highest BCUT2D eigenvalue weighted by molar-refractivity contribution is 7.90. The number of aryl methyl sites for hydroxylation is 1. The van der Waals surface area contributed by atoms with Gasteiger partial charge >= 0.3 is 0 Å². The highest BCUT2D eigenvalue weighted by Gasteiger charge is 2.14. The second-order valence-electron chi connectivity index (χ2n) is 6.65. The average molecular weight is 404 g/mol. The first-order valence-electron chi connectivity index (χ1n) is 8.68. The van der Waals surface area contributed by atoms with Crippen molar-refractivity contribution in [2.75, 3.05) is 23.9 Å². The summed E-state index contributed by atoms with van der Waals surface area (Å²) >= 11 is 0. The van der Waals surface area contributed by atoms with Crippen LogP contribution >= 0.6 is 0 Å². The minimum absolute atomic E-state index is 0.0380. The molecule has 0 bridgehead atoms. The van der Waals surface area contributed by atoms with Crippen molar-refractivity contribution in [2.24, 2.45) is 0 Å². The Morgan fingerprint density at radius 3 is 2.75 bits per heavy atom. The molecule has 1 heterocycles. The van der Waals surface area contributed by atoms with E-state index in [4.69, 9.17) is 4.74 Å². The Hall–Kier alpha value is -2.87. The van der Waals surface area contributed by atoms with Gasteiger partial charge in [0.2, 0.25) is 5.91 Å². The van der Waals surface area contributed by atoms with Gasteiger partial charge in [-0.2, -0.15) is 0 Å². The van der Waals surface area contributed by atoms with Gasteiger partial charge in [-0.3, -0.25) is 4.79 Å². The van der Waals surface area contributed by atoms with Crippen molar-refractivity contribution in [2.45, 2.75) is 13.3 Å². The Morgan fingerprint density at radius 2 is 2.00 bits per heavy atom. The van der Waals surface area contributed by atoms with E-state index >= 15 is 0 Å². The predicted molar refractivity (Wildman–Crippen MR) is 107 cm³/mol. The van der Waals surface area contributed by atoms with Crippen LogP contribution in [0.4, 0.5) is 10.1 Å². The molecule has 6 nitrogen and oxygen atoms in total. The third-order valence-electron chi connectivity index (χ3n) is 4.26. The number of benzene rings is 2. The first-order valence-corrected chi connectivity index (χ1v) is 10.7. The fourth-order valence-corrected chi connectivity index (χ4v) is 3.31. The lowest BCUT2D eigenvalue weighted by Gasteiger charge is -2.09. The van der Waals surface area contributed by atoms with Crippen LogP contribution < -0.4 is 10.1 Å². The van der Waals surface area contributed by atoms with Crippen LogP contribution in [0, 0.1) is 12.7 Å². The van der Waals surface area contributed by atoms with Gasteiger partial charge in [0.1, 0.15) is 18.2 Å². The van der Waals surface area contributed by atoms with Crippen molar-refractivity contribution in [1.82, 2.24) is 4.98 Å². The van der Waals surface area contributed by atoms with Crippen LogP contribution in [0.3, 0.4) is 0 Å². The van der Waals surface area contributed by atoms with E-state index in [1.165, 1.54) is 12.1 Å². The molecule has 2 aromatic carbocycles. The molecule has 1 aromatic heterocycles. The molecule has 0 aliphatic heterocycles. The average Bonchev–Trinajstić information content (AvgIpc) is 2.89. The topological polar surface area (TPSA) is 88.3 Å². The number of sulfone groups is 1. The molecular weight excluding hydrogens is 383 g/mol. The summed E-state index contributed by atoms with van der Waals surface area (Å²) in [6, 6.07) is 11.2. The molecule has 3 rings (SSSR count). The Morgan fingerprint density at radius 1 is 1.21 bits per heavy atom. The fraction of sp³-hybridized carbons (Fsp3) is 0.250. The van der Waals surface area contributed by atoms with Gasteiger partial charge in [-0.05, 0) is 42.8 Å². The molecule has 1 amide bonds. The predicted octanol–water partition coefficient (Wildman–Crippen LogP) is 3.22. The number of amides is 1. The zero-order valence-electron chi connectivity index (χ0n) is 15.6. The minimum Gasteiger partial charge on any atom is -0.492 e. The van der Waals surface area contributed by atoms with Crippen molar-refractivity contribution in [3.8, 4) is 5.75 Å². The van der Waals surface area contributed by atoms with Crippen molar-refractivity contribution < 1.29 is 22.3 Å². The monoisotopic (exact) mass is 404 g/mol. The summed E-state index contributed by atoms with van der Waals surface area (Å²) < 4.78 is 41.3. The maximum Gasteiger partial charge on any atom is 0.228 e. The van der Waals surface area contributed by atoms with E-state index in [0.29, 0.717) is 16.8 Å². The standard InChI is InChI=1S/C20H21FN2O4S/c1-13-17(18-10-14(21)6-7-19(18)22-13)12-20(24)23-15-4-3-5-16(11-15)27-8-9-28(2,25)26/h3-7,10-11,22H,8-9,12H2,1-2H3,(H,23,24). The van der Waals surface area contributed by atoms with Crippen LogP contribution in [0.15, 0.2) is 42.5 Å². The summed E-state index contributed by atoms with van der Waals surface area (Å²) in [5.74, 6) is -0.222. The summed E-state index contributed by atoms with van der Waals surface area (Å²) in [5, 5.41) is 3.47. The van der Waals surface area contributed by atoms with Crippen molar-refractivity contribution in [1.29, 1.82) is 0 Å². The largest absolute Gasteiger partial charge is 0.492 e. The van der Waals surface area contributed by atoms with Crippen molar-refractivity contribution >= 4 is 32.3 Å². The summed E-state index contributed by atoms with van der Waals surface area (Å²) in [6.45, 7) is 1.88. The van der Waals surface area contributed by atoms with Gasteiger partial charge in [0.25, 0.3) is 0 Å². The molecule has 0 atom stereocenters. The number of halogens is 1. The molecule has 148 valence electrons. The SMILES string of the molecule is Cc1[nH]c2ccc(F)cc2c1CC(=O)Nc1cccc(OCCS(C)(=O)=O)c1. The van der Waals surface area contributed by atoms with Gasteiger partial charge in [0.15, 0.2) is 9.84 Å². The Labute approximate surface area is 162 Å². The lowest BCUT2D eigenvalue weighted by molar-refractivity contribution is -0.115. The Kier molecular flexibility index (Phi) is 5.69. The molecule has 0 radical (unpaired) electrons. The van der Waals surface area contributed by atoms with Crippen molar-refractivity contribution in [3.05, 3.63) is 59.5 Å². The number of fused-ring (bicyclic) bond motifs is 1. The Bertz CT molecular complexity index is 1120. The zero-order valence-corrected chi connectivity index (χ0v) is 16.4. The van der Waals surface area contributed by atoms with Gasteiger partial charge in [-0.25, -0.2) is 12.8 Å². The number of hydrogen-bond donors (Lipinski definition) is 2. The number of H-pyrrole nitrogens is 1. The second kappa shape index (κ2) is 8.02. The number of aromatic nitrogens is 1. The molecule has 2 N–H and O–H groups in total. The summed E-state index contributed by atoms with van der Waals surface area (Å²) in [5.41, 5.74) is 2.87. The van der Waals surface area contributed by atoms with E-state index in [-0.39, 0.29) is 30.5 Å². The number of aromatic amines is 1. The molecule has 0 fully saturated rings. The molecule has 3 aromatic rings. The molecular formula is C20H21FN2O4S. The van der Waals surface area contributed by atoms with Crippen LogP contribution in [0.1, 0.15) is 11.3 Å². The van der Waals surface area contributed by atoms with E-state index in [1.54, 1.807) is 30.3 Å². The van der Waals surface area contributed by atoms with Crippen molar-refractivity contribution in [3.63, 3.8) is 0 Å². The number of anilines is 1. The van der Waals surface area contributed by atoms with E-state index in [2.05, 4.69) is 10.3 Å².